The van der Waals surface area contributed by atoms with Gasteiger partial charge in [-0.3, -0.25) is 0 Å². The monoisotopic (exact) mass is 1270 g/mol. The molecule has 99 heavy (non-hydrogen) atoms. The van der Waals surface area contributed by atoms with Gasteiger partial charge in [0.25, 0.3) is 6.71 Å². The number of rotatable bonds is 10. The van der Waals surface area contributed by atoms with Gasteiger partial charge in [0, 0.05) is 56.1 Å². The summed E-state index contributed by atoms with van der Waals surface area (Å²) in [4.78, 5) is 7.92. The van der Waals surface area contributed by atoms with Crippen LogP contribution >= 0.6 is 0 Å². The molecule has 14 aromatic rings. The molecule has 0 unspecified atom stereocenters. The van der Waals surface area contributed by atoms with E-state index in [1.165, 1.54) is 72.5 Å². The first-order valence-corrected chi connectivity index (χ1v) is 35.0. The molecule has 0 saturated heterocycles. The summed E-state index contributed by atoms with van der Waals surface area (Å²) in [5, 5.41) is 0. The van der Waals surface area contributed by atoms with Gasteiger partial charge < -0.3 is 14.7 Å². The molecule has 476 valence electrons. The van der Waals surface area contributed by atoms with E-state index in [4.69, 9.17) is 0 Å². The van der Waals surface area contributed by atoms with Gasteiger partial charge in [0.05, 0.1) is 22.7 Å². The number of anilines is 9. The molecule has 0 spiro atoms. The second kappa shape index (κ2) is 24.0. The van der Waals surface area contributed by atoms with E-state index in [0.29, 0.717) is 0 Å². The maximum absolute atomic E-state index is 2.72. The van der Waals surface area contributed by atoms with Crippen LogP contribution < -0.4 is 31.1 Å². The topological polar surface area (TPSA) is 9.72 Å². The Morgan fingerprint density at radius 1 is 0.253 bits per heavy atom. The average molecular weight is 1270 g/mol. The molecule has 0 radical (unpaired) electrons. The van der Waals surface area contributed by atoms with Crippen molar-refractivity contribution in [2.75, 3.05) is 14.7 Å². The van der Waals surface area contributed by atoms with E-state index in [9.17, 15) is 0 Å². The third kappa shape index (κ3) is 10.5. The van der Waals surface area contributed by atoms with Crippen molar-refractivity contribution in [2.45, 2.75) is 71.6 Å². The lowest BCUT2D eigenvalue weighted by Gasteiger charge is -2.46. The maximum atomic E-state index is 2.72. The van der Waals surface area contributed by atoms with Gasteiger partial charge in [0.15, 0.2) is 0 Å². The van der Waals surface area contributed by atoms with Crippen LogP contribution in [0.3, 0.4) is 0 Å². The molecule has 0 saturated carbocycles. The fourth-order valence-corrected chi connectivity index (χ4v) is 16.0. The zero-order chi connectivity index (χ0) is 67.3. The van der Waals surface area contributed by atoms with Crippen LogP contribution in [0, 0.1) is 0 Å². The van der Waals surface area contributed by atoms with Crippen molar-refractivity contribution in [1.29, 1.82) is 0 Å². The number of para-hydroxylation sites is 2. The molecule has 4 heteroatoms. The zero-order valence-corrected chi connectivity index (χ0v) is 57.6. The van der Waals surface area contributed by atoms with Crippen molar-refractivity contribution < 1.29 is 0 Å². The molecule has 3 heterocycles. The lowest BCUT2D eigenvalue weighted by molar-refractivity contribution is 0.590. The van der Waals surface area contributed by atoms with E-state index in [2.05, 4.69) is 398 Å². The van der Waals surface area contributed by atoms with Crippen LogP contribution in [0.25, 0.3) is 77.9 Å². The lowest BCUT2D eigenvalue weighted by Crippen LogP contribution is -2.61. The summed E-state index contributed by atoms with van der Waals surface area (Å²) in [5.74, 6) is 0. The van der Waals surface area contributed by atoms with Gasteiger partial charge in [-0.2, -0.15) is 0 Å². The van der Waals surface area contributed by atoms with Crippen LogP contribution in [0.15, 0.2) is 328 Å². The predicted molar refractivity (Wildman–Crippen MR) is 423 cm³/mol. The number of benzene rings is 14. The first-order valence-electron chi connectivity index (χ1n) is 35.0. The Balaban J connectivity index is 1.06. The minimum atomic E-state index is -0.366. The minimum Gasteiger partial charge on any atom is -0.310 e. The van der Waals surface area contributed by atoms with Crippen molar-refractivity contribution in [3.05, 3.63) is 350 Å². The van der Waals surface area contributed by atoms with Gasteiger partial charge in [-0.15, -0.1) is 0 Å². The highest BCUT2D eigenvalue weighted by Gasteiger charge is 2.47. The molecule has 0 amide bonds. The van der Waals surface area contributed by atoms with Crippen LogP contribution in [-0.4, -0.2) is 6.71 Å². The highest BCUT2D eigenvalue weighted by molar-refractivity contribution is 7.00. The summed E-state index contributed by atoms with van der Waals surface area (Å²) in [7, 11) is 0. The molecular formula is C95H78BN3. The van der Waals surface area contributed by atoms with E-state index < -0.39 is 0 Å². The molecule has 0 atom stereocenters. The fourth-order valence-electron chi connectivity index (χ4n) is 16.0. The molecular weight excluding hydrogens is 1190 g/mol. The van der Waals surface area contributed by atoms with Crippen LogP contribution in [0.4, 0.5) is 51.2 Å². The smallest absolute Gasteiger partial charge is 0.252 e. The third-order valence-corrected chi connectivity index (χ3v) is 21.1. The standard InChI is InChI=1S/C95H78BN3/c1-93(2,3)73-49-51-82-86(61-73)98(91-76(65-36-20-11-21-37-65)54-70(63-32-16-9-17-33-63)55-77(91)66-38-22-12-23-39-66)88-59-72(69-48-53-85-81(58-69)95(7,8)80-46-30-31-47-84(80)97(85)75-44-28-15-29-45-75)60-89-90(88)96(82)83-52-50-74(94(4,5)6)62-87(83)99(89)92-78(67-40-24-13-25-41-67)56-71(64-34-18-10-19-35-64)57-79(92)68-42-26-14-27-43-68/h9-62H,1-8H3. The summed E-state index contributed by atoms with van der Waals surface area (Å²) >= 11 is 0. The summed E-state index contributed by atoms with van der Waals surface area (Å²) in [6.07, 6.45) is 0. The highest BCUT2D eigenvalue weighted by atomic mass is 15.2. The van der Waals surface area contributed by atoms with Crippen LogP contribution in [0.5, 0.6) is 0 Å². The van der Waals surface area contributed by atoms with Crippen molar-refractivity contribution in [2.24, 2.45) is 0 Å². The molecule has 0 bridgehead atoms. The normalized spacial score (nSPS) is 13.5. The van der Waals surface area contributed by atoms with Gasteiger partial charge in [-0.25, -0.2) is 0 Å². The van der Waals surface area contributed by atoms with E-state index in [1.54, 1.807) is 0 Å². The number of nitrogens with zero attached hydrogens (tertiary/aromatic N) is 3. The van der Waals surface area contributed by atoms with Crippen molar-refractivity contribution in [3.8, 4) is 77.9 Å². The van der Waals surface area contributed by atoms with Crippen molar-refractivity contribution >= 4 is 74.3 Å². The molecule has 3 aliphatic rings. The Kier molecular flexibility index (Phi) is 14.8. The Morgan fingerprint density at radius 2 is 0.596 bits per heavy atom. The Labute approximate surface area is 584 Å². The Morgan fingerprint density at radius 3 is 0.990 bits per heavy atom. The van der Waals surface area contributed by atoms with Crippen LogP contribution in [0.2, 0.25) is 0 Å². The van der Waals surface area contributed by atoms with E-state index in [0.717, 1.165) is 95.2 Å². The number of fused-ring (bicyclic) bond motifs is 6. The molecule has 0 fully saturated rings. The summed E-state index contributed by atoms with van der Waals surface area (Å²) < 4.78 is 0. The third-order valence-electron chi connectivity index (χ3n) is 21.1. The van der Waals surface area contributed by atoms with Crippen molar-refractivity contribution in [3.63, 3.8) is 0 Å². The first-order chi connectivity index (χ1) is 48.2. The predicted octanol–water partition coefficient (Wildman–Crippen LogP) is 24.1. The van der Waals surface area contributed by atoms with Gasteiger partial charge >= 0.3 is 0 Å². The second-order valence-electron chi connectivity index (χ2n) is 29.7. The number of hydrogen-bond donors (Lipinski definition) is 0. The zero-order valence-electron chi connectivity index (χ0n) is 57.6. The molecule has 3 aliphatic heterocycles. The van der Waals surface area contributed by atoms with E-state index in [1.807, 2.05) is 0 Å². The van der Waals surface area contributed by atoms with Gasteiger partial charge in [-0.1, -0.05) is 304 Å². The second-order valence-corrected chi connectivity index (χ2v) is 29.7. The Bertz CT molecular complexity index is 5020. The largest absolute Gasteiger partial charge is 0.310 e. The van der Waals surface area contributed by atoms with Crippen LogP contribution in [0.1, 0.15) is 77.6 Å². The summed E-state index contributed by atoms with van der Waals surface area (Å²) in [6, 6.07) is 124. The van der Waals surface area contributed by atoms with E-state index >= 15 is 0 Å². The quantitative estimate of drug-likeness (QED) is 0.126. The van der Waals surface area contributed by atoms with Gasteiger partial charge in [0.2, 0.25) is 0 Å². The molecule has 0 N–H and O–H groups in total. The van der Waals surface area contributed by atoms with E-state index in [-0.39, 0.29) is 23.0 Å². The lowest BCUT2D eigenvalue weighted by atomic mass is 9.33. The SMILES string of the molecule is CC(C)(C)c1ccc2c(c1)N(c1c(-c3ccccc3)cc(-c3ccccc3)cc1-c1ccccc1)c1cc(-c3ccc4c(c3)C(C)(C)c3ccccc3N4c3ccccc3)cc3c1B2c1ccc(C(C)(C)C)cc1N3c1c(-c2ccccc2)cc(-c2ccccc2)cc1-c1ccccc1. The summed E-state index contributed by atoms with van der Waals surface area (Å²) in [5.41, 5.74) is 34.6. The Hall–Kier alpha value is -11.5. The minimum absolute atomic E-state index is 0.184. The fraction of sp³-hybridized carbons (Fsp3) is 0.116. The highest BCUT2D eigenvalue weighted by Crippen LogP contribution is 2.57. The van der Waals surface area contributed by atoms with Crippen molar-refractivity contribution in [1.82, 2.24) is 0 Å². The van der Waals surface area contributed by atoms with Crippen LogP contribution in [-0.2, 0) is 16.2 Å². The molecule has 0 aromatic heterocycles. The first kappa shape index (κ1) is 61.2. The maximum Gasteiger partial charge on any atom is 0.252 e. The number of hydrogen-bond acceptors (Lipinski definition) is 3. The average Bonchev–Trinajstić information content (AvgIpc) is 0.688. The molecule has 0 aliphatic carbocycles. The molecule has 17 rings (SSSR count). The van der Waals surface area contributed by atoms with Gasteiger partial charge in [-0.05, 0) is 184 Å². The molecule has 14 aromatic carbocycles. The summed E-state index contributed by atoms with van der Waals surface area (Å²) in [6.45, 7) is 18.8. The molecule has 3 nitrogen and oxygen atoms in total. The van der Waals surface area contributed by atoms with Gasteiger partial charge in [0.1, 0.15) is 0 Å².